The fraction of sp³-hybridized carbons (Fsp3) is 0.733. The van der Waals surface area contributed by atoms with Crippen LogP contribution in [0.15, 0.2) is 10.4 Å². The molecule has 2 N–H and O–H groups in total. The van der Waals surface area contributed by atoms with Crippen LogP contribution in [0.4, 0.5) is 0 Å². The molecular weight excluding hydrogens is 395 g/mol. The summed E-state index contributed by atoms with van der Waals surface area (Å²) in [6, 6.07) is 0.425. The van der Waals surface area contributed by atoms with E-state index in [1.165, 1.54) is 0 Å². The standard InChI is InChI=1S/C15H28N4S.HI/c1-7-11(3)18-14(16-8-2)17-9-13-19-12(10-20-13)15(4,5)6;/h10-11H,7-9H2,1-6H3,(H2,16,17,18);1H. The van der Waals surface area contributed by atoms with Crippen molar-refractivity contribution in [1.82, 2.24) is 15.6 Å². The summed E-state index contributed by atoms with van der Waals surface area (Å²) in [6.07, 6.45) is 1.08. The molecule has 0 spiro atoms. The molecule has 0 bridgehead atoms. The maximum Gasteiger partial charge on any atom is 0.191 e. The SMILES string of the molecule is CCNC(=NCc1nc(C(C)(C)C)cs1)NC(C)CC.I. The van der Waals surface area contributed by atoms with E-state index in [1.807, 2.05) is 0 Å². The van der Waals surface area contributed by atoms with Crippen LogP contribution in [0.5, 0.6) is 0 Å². The number of nitrogens with one attached hydrogen (secondary N) is 2. The lowest BCUT2D eigenvalue weighted by atomic mass is 9.93. The molecule has 0 radical (unpaired) electrons. The summed E-state index contributed by atoms with van der Waals surface area (Å²) in [6.45, 7) is 14.5. The topological polar surface area (TPSA) is 49.3 Å². The average Bonchev–Trinajstić information content (AvgIpc) is 2.84. The first-order valence-corrected chi connectivity index (χ1v) is 8.24. The number of nitrogens with zero attached hydrogens (tertiary/aromatic N) is 2. The van der Waals surface area contributed by atoms with Gasteiger partial charge < -0.3 is 10.6 Å². The van der Waals surface area contributed by atoms with E-state index < -0.39 is 0 Å². The number of hydrogen-bond donors (Lipinski definition) is 2. The van der Waals surface area contributed by atoms with Gasteiger partial charge in [-0.05, 0) is 20.3 Å². The number of rotatable bonds is 5. The number of guanidine groups is 1. The summed E-state index contributed by atoms with van der Waals surface area (Å²) in [5.74, 6) is 0.870. The molecule has 0 saturated heterocycles. The highest BCUT2D eigenvalue weighted by molar-refractivity contribution is 14.0. The first kappa shape index (κ1) is 20.6. The van der Waals surface area contributed by atoms with Crippen LogP contribution in [0.1, 0.15) is 58.7 Å². The van der Waals surface area contributed by atoms with Crippen LogP contribution < -0.4 is 10.6 Å². The zero-order chi connectivity index (χ0) is 15.2. The Morgan fingerprint density at radius 2 is 2.05 bits per heavy atom. The molecule has 0 amide bonds. The van der Waals surface area contributed by atoms with Crippen molar-refractivity contribution in [2.45, 2.75) is 66.0 Å². The second kappa shape index (κ2) is 9.61. The van der Waals surface area contributed by atoms with E-state index in [2.05, 4.69) is 67.5 Å². The Morgan fingerprint density at radius 1 is 1.38 bits per heavy atom. The van der Waals surface area contributed by atoms with Gasteiger partial charge in [0.25, 0.3) is 0 Å². The van der Waals surface area contributed by atoms with Gasteiger partial charge >= 0.3 is 0 Å². The first-order valence-electron chi connectivity index (χ1n) is 7.36. The molecule has 0 saturated carbocycles. The molecule has 0 aromatic carbocycles. The maximum atomic E-state index is 4.67. The van der Waals surface area contributed by atoms with E-state index in [0.29, 0.717) is 12.6 Å². The van der Waals surface area contributed by atoms with Crippen LogP contribution in [-0.4, -0.2) is 23.5 Å². The van der Waals surface area contributed by atoms with Gasteiger partial charge in [0.2, 0.25) is 0 Å². The quantitative estimate of drug-likeness (QED) is 0.428. The summed E-state index contributed by atoms with van der Waals surface area (Å²) < 4.78 is 0. The van der Waals surface area contributed by atoms with Gasteiger partial charge in [0, 0.05) is 23.4 Å². The van der Waals surface area contributed by atoms with Crippen molar-refractivity contribution in [1.29, 1.82) is 0 Å². The Balaban J connectivity index is 0.00000400. The van der Waals surface area contributed by atoms with Crippen molar-refractivity contribution in [3.63, 3.8) is 0 Å². The largest absolute Gasteiger partial charge is 0.357 e. The Labute approximate surface area is 150 Å². The number of thiazole rings is 1. The van der Waals surface area contributed by atoms with Gasteiger partial charge in [0.05, 0.1) is 12.2 Å². The maximum absolute atomic E-state index is 4.67. The monoisotopic (exact) mass is 424 g/mol. The van der Waals surface area contributed by atoms with Gasteiger partial charge in [-0.25, -0.2) is 9.98 Å². The Hall–Kier alpha value is -0.370. The van der Waals surface area contributed by atoms with E-state index in [0.717, 1.165) is 29.6 Å². The number of hydrogen-bond acceptors (Lipinski definition) is 3. The van der Waals surface area contributed by atoms with Gasteiger partial charge in [-0.1, -0.05) is 27.7 Å². The fourth-order valence-electron chi connectivity index (χ4n) is 1.53. The van der Waals surface area contributed by atoms with Crippen molar-refractivity contribution < 1.29 is 0 Å². The summed E-state index contributed by atoms with van der Waals surface area (Å²) in [4.78, 5) is 9.28. The first-order chi connectivity index (χ1) is 9.36. The Kier molecular flexibility index (Phi) is 9.44. The van der Waals surface area contributed by atoms with Crippen LogP contribution in [0, 0.1) is 0 Å². The van der Waals surface area contributed by atoms with Crippen LogP contribution in [0.25, 0.3) is 0 Å². The molecule has 1 atom stereocenters. The number of aliphatic imine (C=N–C) groups is 1. The van der Waals surface area contributed by atoms with Crippen molar-refractivity contribution in [2.75, 3.05) is 6.54 Å². The molecule has 0 aliphatic rings. The van der Waals surface area contributed by atoms with Gasteiger partial charge in [0.15, 0.2) is 5.96 Å². The lowest BCUT2D eigenvalue weighted by Crippen LogP contribution is -2.41. The molecule has 4 nitrogen and oxygen atoms in total. The summed E-state index contributed by atoms with van der Waals surface area (Å²) in [7, 11) is 0. The highest BCUT2D eigenvalue weighted by Crippen LogP contribution is 2.24. The average molecular weight is 424 g/mol. The highest BCUT2D eigenvalue weighted by Gasteiger charge is 2.17. The molecule has 1 rings (SSSR count). The minimum Gasteiger partial charge on any atom is -0.357 e. The van der Waals surface area contributed by atoms with Crippen molar-refractivity contribution in [2.24, 2.45) is 4.99 Å². The molecule has 1 heterocycles. The van der Waals surface area contributed by atoms with Crippen molar-refractivity contribution >= 4 is 41.3 Å². The smallest absolute Gasteiger partial charge is 0.191 e. The second-order valence-electron chi connectivity index (χ2n) is 6.03. The molecule has 21 heavy (non-hydrogen) atoms. The lowest BCUT2D eigenvalue weighted by Gasteiger charge is -2.16. The predicted molar refractivity (Wildman–Crippen MR) is 104 cm³/mol. The van der Waals surface area contributed by atoms with Gasteiger partial charge in [-0.3, -0.25) is 0 Å². The zero-order valence-electron chi connectivity index (χ0n) is 14.0. The van der Waals surface area contributed by atoms with Gasteiger partial charge in [-0.2, -0.15) is 0 Å². The summed E-state index contributed by atoms with van der Waals surface area (Å²) in [5.41, 5.74) is 1.25. The van der Waals surface area contributed by atoms with Crippen LogP contribution in [0.3, 0.4) is 0 Å². The van der Waals surface area contributed by atoms with Crippen LogP contribution in [0.2, 0.25) is 0 Å². The molecule has 0 fully saturated rings. The molecule has 6 heteroatoms. The van der Waals surface area contributed by atoms with E-state index in [9.17, 15) is 0 Å². The van der Waals surface area contributed by atoms with Crippen molar-refractivity contribution in [3.8, 4) is 0 Å². The second-order valence-corrected chi connectivity index (χ2v) is 6.97. The van der Waals surface area contributed by atoms with E-state index in [1.54, 1.807) is 11.3 Å². The number of aromatic nitrogens is 1. The van der Waals surface area contributed by atoms with Gasteiger partial charge in [-0.15, -0.1) is 35.3 Å². The molecule has 122 valence electrons. The van der Waals surface area contributed by atoms with Crippen LogP contribution >= 0.6 is 35.3 Å². The molecular formula is C15H29IN4S. The third-order valence-electron chi connectivity index (χ3n) is 3.03. The molecule has 1 aromatic heterocycles. The molecule has 1 unspecified atom stereocenters. The normalized spacial score (nSPS) is 13.5. The van der Waals surface area contributed by atoms with Crippen LogP contribution in [-0.2, 0) is 12.0 Å². The zero-order valence-corrected chi connectivity index (χ0v) is 17.1. The molecule has 0 aliphatic heterocycles. The summed E-state index contributed by atoms with van der Waals surface area (Å²) >= 11 is 1.69. The summed E-state index contributed by atoms with van der Waals surface area (Å²) in [5, 5.41) is 9.87. The van der Waals surface area contributed by atoms with Crippen molar-refractivity contribution in [3.05, 3.63) is 16.1 Å². The lowest BCUT2D eigenvalue weighted by molar-refractivity contribution is 0.571. The minimum absolute atomic E-state index is 0. The highest BCUT2D eigenvalue weighted by atomic mass is 127. The van der Waals surface area contributed by atoms with Gasteiger partial charge in [0.1, 0.15) is 5.01 Å². The minimum atomic E-state index is 0. The van der Waals surface area contributed by atoms with E-state index in [4.69, 9.17) is 0 Å². The third kappa shape index (κ3) is 7.44. The Bertz CT molecular complexity index is 437. The third-order valence-corrected chi connectivity index (χ3v) is 3.87. The van der Waals surface area contributed by atoms with E-state index >= 15 is 0 Å². The predicted octanol–water partition coefficient (Wildman–Crippen LogP) is 3.91. The fourth-order valence-corrected chi connectivity index (χ4v) is 2.47. The molecule has 0 aliphatic carbocycles. The Morgan fingerprint density at radius 3 is 2.52 bits per heavy atom. The van der Waals surface area contributed by atoms with E-state index in [-0.39, 0.29) is 29.4 Å². The number of halogens is 1. The molecule has 1 aromatic rings.